The van der Waals surface area contributed by atoms with E-state index in [1.165, 1.54) is 62.5 Å². The smallest absolute Gasteiger partial charge is 0.0331 e. The van der Waals surface area contributed by atoms with Crippen molar-refractivity contribution in [3.63, 3.8) is 0 Å². The van der Waals surface area contributed by atoms with E-state index in [4.69, 9.17) is 0 Å². The van der Waals surface area contributed by atoms with Gasteiger partial charge in [-0.15, -0.1) is 0 Å². The van der Waals surface area contributed by atoms with E-state index in [1.54, 1.807) is 0 Å². The van der Waals surface area contributed by atoms with Gasteiger partial charge in [0.15, 0.2) is 0 Å². The second-order valence-corrected chi connectivity index (χ2v) is 6.27. The van der Waals surface area contributed by atoms with Gasteiger partial charge in [-0.3, -0.25) is 0 Å². The summed E-state index contributed by atoms with van der Waals surface area (Å²) >= 11 is 1.83. The molecule has 0 fully saturated rings. The topological polar surface area (TPSA) is 12.0 Å². The van der Waals surface area contributed by atoms with Gasteiger partial charge in [0, 0.05) is 6.04 Å². The molecule has 2 heteroatoms. The molecule has 1 heterocycles. The Hall–Kier alpha value is -0.340. The molecule has 1 rings (SSSR count). The van der Waals surface area contributed by atoms with Crippen molar-refractivity contribution in [1.29, 1.82) is 0 Å². The van der Waals surface area contributed by atoms with Crippen LogP contribution in [0.5, 0.6) is 0 Å². The molecule has 1 atom stereocenters. The van der Waals surface area contributed by atoms with Gasteiger partial charge in [0.1, 0.15) is 0 Å². The van der Waals surface area contributed by atoms with Crippen LogP contribution in [0.25, 0.3) is 0 Å². The summed E-state index contributed by atoms with van der Waals surface area (Å²) in [4.78, 5) is 0. The summed E-state index contributed by atoms with van der Waals surface area (Å²) in [5.74, 6) is 0. The van der Waals surface area contributed by atoms with Gasteiger partial charge in [-0.05, 0) is 41.8 Å². The van der Waals surface area contributed by atoms with Crippen molar-refractivity contribution in [1.82, 2.24) is 5.32 Å². The fourth-order valence-electron chi connectivity index (χ4n) is 2.65. The first-order valence-electron chi connectivity index (χ1n) is 8.05. The van der Waals surface area contributed by atoms with E-state index in [0.29, 0.717) is 6.04 Å². The fraction of sp³-hybridized carbons (Fsp3) is 0.765. The Kier molecular flexibility index (Phi) is 9.19. The van der Waals surface area contributed by atoms with Crippen LogP contribution in [-0.2, 0) is 0 Å². The van der Waals surface area contributed by atoms with Crippen LogP contribution in [-0.4, -0.2) is 6.54 Å². The Bertz CT molecular complexity index is 319. The lowest BCUT2D eigenvalue weighted by molar-refractivity contribution is 0.475. The highest BCUT2D eigenvalue weighted by atomic mass is 32.1. The Morgan fingerprint density at radius 1 is 1.00 bits per heavy atom. The van der Waals surface area contributed by atoms with E-state index in [9.17, 15) is 0 Å². The van der Waals surface area contributed by atoms with Crippen LogP contribution in [0, 0.1) is 6.92 Å². The van der Waals surface area contributed by atoms with Crippen LogP contribution in [0.15, 0.2) is 10.8 Å². The van der Waals surface area contributed by atoms with Gasteiger partial charge in [-0.1, -0.05) is 58.8 Å². The Labute approximate surface area is 123 Å². The van der Waals surface area contributed by atoms with Crippen molar-refractivity contribution >= 4 is 11.3 Å². The quantitative estimate of drug-likeness (QED) is 0.502. The standard InChI is InChI=1S/C17H31NS/c1-4-6-7-8-9-10-11-12-17(18-5-2)16-14-19-13-15(16)3/h13-14,17-18H,4-12H2,1-3H3. The van der Waals surface area contributed by atoms with Crippen molar-refractivity contribution in [3.05, 3.63) is 21.9 Å². The first-order chi connectivity index (χ1) is 9.29. The molecule has 1 aromatic heterocycles. The average molecular weight is 282 g/mol. The molecule has 0 aliphatic heterocycles. The Morgan fingerprint density at radius 3 is 2.26 bits per heavy atom. The number of aryl methyl sites for hydroxylation is 1. The van der Waals surface area contributed by atoms with Gasteiger partial charge in [0.25, 0.3) is 0 Å². The number of thiophene rings is 1. The van der Waals surface area contributed by atoms with Crippen LogP contribution in [0.1, 0.15) is 82.4 Å². The maximum Gasteiger partial charge on any atom is 0.0331 e. The molecule has 0 spiro atoms. The molecule has 0 aliphatic carbocycles. The molecule has 0 aromatic carbocycles. The van der Waals surface area contributed by atoms with Crippen molar-refractivity contribution in [2.45, 2.75) is 78.2 Å². The molecule has 0 radical (unpaired) electrons. The van der Waals surface area contributed by atoms with Crippen molar-refractivity contribution in [3.8, 4) is 0 Å². The minimum atomic E-state index is 0.576. The van der Waals surface area contributed by atoms with Gasteiger partial charge < -0.3 is 5.32 Å². The lowest BCUT2D eigenvalue weighted by Crippen LogP contribution is -2.21. The van der Waals surface area contributed by atoms with Crippen LogP contribution >= 0.6 is 11.3 Å². The predicted octanol–water partition coefficient (Wildman–Crippen LogP) is 5.85. The summed E-state index contributed by atoms with van der Waals surface area (Å²) in [7, 11) is 0. The van der Waals surface area contributed by atoms with Gasteiger partial charge in [0.2, 0.25) is 0 Å². The van der Waals surface area contributed by atoms with Gasteiger partial charge in [0.05, 0.1) is 0 Å². The number of hydrogen-bond donors (Lipinski definition) is 1. The molecular formula is C17H31NS. The van der Waals surface area contributed by atoms with Crippen LogP contribution in [0.2, 0.25) is 0 Å². The molecule has 0 amide bonds. The van der Waals surface area contributed by atoms with E-state index >= 15 is 0 Å². The highest BCUT2D eigenvalue weighted by molar-refractivity contribution is 7.08. The normalized spacial score (nSPS) is 12.8. The van der Waals surface area contributed by atoms with E-state index in [1.807, 2.05) is 11.3 Å². The van der Waals surface area contributed by atoms with Crippen LogP contribution in [0.3, 0.4) is 0 Å². The van der Waals surface area contributed by atoms with E-state index < -0.39 is 0 Å². The highest BCUT2D eigenvalue weighted by Crippen LogP contribution is 2.26. The Balaban J connectivity index is 2.22. The maximum atomic E-state index is 3.64. The SMILES string of the molecule is CCCCCCCCCC(NCC)c1cscc1C. The summed E-state index contributed by atoms with van der Waals surface area (Å²) in [5, 5.41) is 8.24. The third-order valence-corrected chi connectivity index (χ3v) is 4.70. The van der Waals surface area contributed by atoms with Crippen molar-refractivity contribution in [2.24, 2.45) is 0 Å². The number of rotatable bonds is 11. The van der Waals surface area contributed by atoms with Crippen molar-refractivity contribution < 1.29 is 0 Å². The van der Waals surface area contributed by atoms with Crippen LogP contribution < -0.4 is 5.32 Å². The van der Waals surface area contributed by atoms with Gasteiger partial charge in [-0.2, -0.15) is 11.3 Å². The third-order valence-electron chi connectivity index (χ3n) is 3.82. The number of nitrogens with one attached hydrogen (secondary N) is 1. The zero-order chi connectivity index (χ0) is 13.9. The minimum absolute atomic E-state index is 0.576. The van der Waals surface area contributed by atoms with E-state index in [2.05, 4.69) is 36.8 Å². The molecule has 1 N–H and O–H groups in total. The molecule has 0 bridgehead atoms. The fourth-order valence-corrected chi connectivity index (χ4v) is 3.55. The summed E-state index contributed by atoms with van der Waals surface area (Å²) in [6, 6.07) is 0.576. The van der Waals surface area contributed by atoms with Gasteiger partial charge >= 0.3 is 0 Å². The summed E-state index contributed by atoms with van der Waals surface area (Å²) < 4.78 is 0. The molecule has 0 saturated carbocycles. The molecule has 19 heavy (non-hydrogen) atoms. The predicted molar refractivity (Wildman–Crippen MR) is 88.1 cm³/mol. The zero-order valence-corrected chi connectivity index (χ0v) is 13.8. The van der Waals surface area contributed by atoms with Crippen molar-refractivity contribution in [2.75, 3.05) is 6.54 Å². The van der Waals surface area contributed by atoms with E-state index in [0.717, 1.165) is 6.54 Å². The molecule has 1 aromatic rings. The largest absolute Gasteiger partial charge is 0.310 e. The number of unbranched alkanes of at least 4 members (excludes halogenated alkanes) is 6. The minimum Gasteiger partial charge on any atom is -0.310 e. The Morgan fingerprint density at radius 2 is 1.68 bits per heavy atom. The lowest BCUT2D eigenvalue weighted by Gasteiger charge is -2.18. The van der Waals surface area contributed by atoms with Gasteiger partial charge in [-0.25, -0.2) is 0 Å². The zero-order valence-electron chi connectivity index (χ0n) is 13.0. The molecule has 0 aliphatic rings. The molecular weight excluding hydrogens is 250 g/mol. The number of hydrogen-bond acceptors (Lipinski definition) is 2. The summed E-state index contributed by atoms with van der Waals surface area (Å²) in [6.45, 7) is 7.79. The molecule has 110 valence electrons. The third kappa shape index (κ3) is 6.58. The molecule has 1 nitrogen and oxygen atoms in total. The summed E-state index contributed by atoms with van der Waals surface area (Å²) in [6.07, 6.45) is 11.1. The van der Waals surface area contributed by atoms with Crippen LogP contribution in [0.4, 0.5) is 0 Å². The first-order valence-corrected chi connectivity index (χ1v) is 8.99. The molecule has 0 saturated heterocycles. The lowest BCUT2D eigenvalue weighted by atomic mass is 9.99. The molecule has 1 unspecified atom stereocenters. The second kappa shape index (κ2) is 10.4. The second-order valence-electron chi connectivity index (χ2n) is 5.53. The summed E-state index contributed by atoms with van der Waals surface area (Å²) in [5.41, 5.74) is 2.98. The average Bonchev–Trinajstić information content (AvgIpc) is 2.82. The highest BCUT2D eigenvalue weighted by Gasteiger charge is 2.12. The first kappa shape index (κ1) is 16.7. The monoisotopic (exact) mass is 281 g/mol. The maximum absolute atomic E-state index is 3.64. The van der Waals surface area contributed by atoms with E-state index in [-0.39, 0.29) is 0 Å².